The van der Waals surface area contributed by atoms with Crippen LogP contribution < -0.4 is 0 Å². The second-order valence-electron chi connectivity index (χ2n) is 12.0. The topological polar surface area (TPSA) is 104 Å². The zero-order valence-corrected chi connectivity index (χ0v) is 25.4. The normalized spacial score (nSPS) is 13.0. The molecular weight excluding hydrogens is 466 g/mol. The van der Waals surface area contributed by atoms with Gasteiger partial charge in [0.15, 0.2) is 0 Å². The Hall–Kier alpha value is -0.910. The van der Waals surface area contributed by atoms with Crippen LogP contribution in [0.15, 0.2) is 0 Å². The molecule has 0 saturated heterocycles. The van der Waals surface area contributed by atoms with E-state index in [-0.39, 0.29) is 22.3 Å². The first-order valence-electron chi connectivity index (χ1n) is 10.7. The van der Waals surface area contributed by atoms with Gasteiger partial charge in [0.05, 0.1) is 19.6 Å². The number of hydrogen-bond acceptors (Lipinski definition) is 6. The second kappa shape index (κ2) is 13.8. The van der Waals surface area contributed by atoms with E-state index in [2.05, 4.69) is 25.5 Å². The van der Waals surface area contributed by atoms with Crippen molar-refractivity contribution >= 4 is 26.1 Å². The van der Waals surface area contributed by atoms with Gasteiger partial charge < -0.3 is 9.64 Å². The lowest BCUT2D eigenvalue weighted by atomic mass is 9.96. The van der Waals surface area contributed by atoms with Crippen molar-refractivity contribution in [2.75, 3.05) is 60.4 Å². The predicted molar refractivity (Wildman–Crippen MR) is 138 cm³/mol. The van der Waals surface area contributed by atoms with Gasteiger partial charge in [-0.3, -0.25) is 0 Å². The summed E-state index contributed by atoms with van der Waals surface area (Å²) in [5.74, 6) is 0. The van der Waals surface area contributed by atoms with E-state index in [0.29, 0.717) is 19.6 Å². The van der Waals surface area contributed by atoms with Crippen LogP contribution in [0, 0.1) is 16.2 Å². The van der Waals surface area contributed by atoms with Crippen molar-refractivity contribution in [3.05, 3.63) is 0 Å². The SMILES string of the molecule is CN(CC(C)(C)C)S(C)(=O)=O.CN(CC(C)(C)C)S(C)(=O)=O.COC(=O)N(C)CC(C)(C)C. The number of carbonyl (C=O) groups excluding carboxylic acids is 1. The molecule has 0 aromatic carbocycles. The number of amides is 1. The molecule has 0 aliphatic heterocycles. The molecule has 1 amide bonds. The summed E-state index contributed by atoms with van der Waals surface area (Å²) in [6, 6.07) is 0. The summed E-state index contributed by atoms with van der Waals surface area (Å²) >= 11 is 0. The first-order valence-corrected chi connectivity index (χ1v) is 14.4. The van der Waals surface area contributed by atoms with Crippen LogP contribution in [0.25, 0.3) is 0 Å². The average molecular weight is 518 g/mol. The van der Waals surface area contributed by atoms with E-state index in [4.69, 9.17) is 0 Å². The van der Waals surface area contributed by atoms with Crippen molar-refractivity contribution in [3.8, 4) is 0 Å². The highest BCUT2D eigenvalue weighted by molar-refractivity contribution is 7.88. The molecule has 0 aliphatic rings. The first-order chi connectivity index (χ1) is 14.1. The summed E-state index contributed by atoms with van der Waals surface area (Å²) in [6.07, 6.45) is 2.16. The monoisotopic (exact) mass is 517 g/mol. The number of nitrogens with zero attached hydrogens (tertiary/aromatic N) is 3. The van der Waals surface area contributed by atoms with Crippen LogP contribution in [0.2, 0.25) is 0 Å². The van der Waals surface area contributed by atoms with Gasteiger partial charge in [-0.05, 0) is 16.2 Å². The molecule has 0 aromatic rings. The van der Waals surface area contributed by atoms with E-state index in [1.54, 1.807) is 26.0 Å². The highest BCUT2D eigenvalue weighted by atomic mass is 32.2. The Morgan fingerprint density at radius 2 is 0.879 bits per heavy atom. The van der Waals surface area contributed by atoms with Crippen LogP contribution in [0.1, 0.15) is 62.3 Å². The van der Waals surface area contributed by atoms with Crippen molar-refractivity contribution < 1.29 is 26.4 Å². The van der Waals surface area contributed by atoms with E-state index < -0.39 is 20.0 Å². The molecule has 0 bridgehead atoms. The van der Waals surface area contributed by atoms with Crippen LogP contribution in [0.4, 0.5) is 4.79 Å². The number of carbonyl (C=O) groups is 1. The quantitative estimate of drug-likeness (QED) is 0.552. The minimum atomic E-state index is -3.00. The van der Waals surface area contributed by atoms with Gasteiger partial charge >= 0.3 is 6.09 Å². The number of sulfonamides is 2. The van der Waals surface area contributed by atoms with Crippen LogP contribution in [-0.4, -0.2) is 96.8 Å². The maximum Gasteiger partial charge on any atom is 0.409 e. The Morgan fingerprint density at radius 3 is 1.00 bits per heavy atom. The van der Waals surface area contributed by atoms with E-state index in [1.165, 1.54) is 28.2 Å². The lowest BCUT2D eigenvalue weighted by Crippen LogP contribution is -2.34. The minimum absolute atomic E-state index is 0.0256. The average Bonchev–Trinajstić information content (AvgIpc) is 2.48. The third-order valence-electron chi connectivity index (χ3n) is 3.72. The van der Waals surface area contributed by atoms with Crippen molar-refractivity contribution in [1.29, 1.82) is 0 Å². The van der Waals surface area contributed by atoms with Gasteiger partial charge in [-0.1, -0.05) is 62.3 Å². The fraction of sp³-hybridized carbons (Fsp3) is 0.955. The third kappa shape index (κ3) is 25.5. The van der Waals surface area contributed by atoms with Gasteiger partial charge in [0.2, 0.25) is 20.0 Å². The van der Waals surface area contributed by atoms with Crippen LogP contribution in [-0.2, 0) is 24.8 Å². The summed E-state index contributed by atoms with van der Waals surface area (Å²) in [5.41, 5.74) is 0.179. The van der Waals surface area contributed by atoms with Gasteiger partial charge in [0.25, 0.3) is 0 Å². The number of hydrogen-bond donors (Lipinski definition) is 0. The Labute approximate surface area is 204 Å². The number of ether oxygens (including phenoxy) is 1. The molecule has 0 unspecified atom stereocenters. The zero-order chi connectivity index (χ0) is 27.6. The van der Waals surface area contributed by atoms with Gasteiger partial charge in [0.1, 0.15) is 0 Å². The van der Waals surface area contributed by atoms with E-state index in [9.17, 15) is 21.6 Å². The Morgan fingerprint density at radius 1 is 0.636 bits per heavy atom. The molecule has 0 radical (unpaired) electrons. The van der Waals surface area contributed by atoms with Crippen LogP contribution in [0.3, 0.4) is 0 Å². The molecule has 0 heterocycles. The number of rotatable bonds is 5. The minimum Gasteiger partial charge on any atom is -0.453 e. The third-order valence-corrected chi connectivity index (χ3v) is 6.25. The van der Waals surface area contributed by atoms with Gasteiger partial charge in [0, 0.05) is 40.8 Å². The highest BCUT2D eigenvalue weighted by Crippen LogP contribution is 2.16. The lowest BCUT2D eigenvalue weighted by Gasteiger charge is -2.25. The molecule has 202 valence electrons. The Kier molecular flexibility index (Phi) is 15.4. The molecule has 9 nitrogen and oxygen atoms in total. The smallest absolute Gasteiger partial charge is 0.409 e. The molecule has 0 atom stereocenters. The van der Waals surface area contributed by atoms with Gasteiger partial charge in [-0.2, -0.15) is 0 Å². The first kappa shape index (κ1) is 36.7. The van der Waals surface area contributed by atoms with Gasteiger partial charge in [-0.25, -0.2) is 30.2 Å². The molecule has 0 spiro atoms. The fourth-order valence-electron chi connectivity index (χ4n) is 2.50. The molecule has 0 aromatic heterocycles. The van der Waals surface area contributed by atoms with Gasteiger partial charge in [-0.15, -0.1) is 0 Å². The Bertz CT molecular complexity index is 724. The molecule has 0 saturated carbocycles. The molecule has 0 fully saturated rings. The fourth-order valence-corrected chi connectivity index (χ4v) is 3.75. The van der Waals surface area contributed by atoms with E-state index in [1.807, 2.05) is 41.5 Å². The number of methoxy groups -OCH3 is 1. The predicted octanol–water partition coefficient (Wildman–Crippen LogP) is 3.58. The molecule has 0 rings (SSSR count). The summed E-state index contributed by atoms with van der Waals surface area (Å²) < 4.78 is 51.0. The van der Waals surface area contributed by atoms with E-state index in [0.717, 1.165) is 0 Å². The van der Waals surface area contributed by atoms with Crippen molar-refractivity contribution in [2.45, 2.75) is 62.3 Å². The maximum absolute atomic E-state index is 10.9. The zero-order valence-electron chi connectivity index (χ0n) is 23.7. The Balaban J connectivity index is -0.000000409. The molecule has 11 heteroatoms. The highest BCUT2D eigenvalue weighted by Gasteiger charge is 2.20. The standard InChI is InChI=1S/C8H17NO2.2C7H17NO2S/c1-8(2,3)6-9(4)7(10)11-5;2*1-7(2,3)6-8(4)11(5,9)10/h3*6H2,1-5H3. The second-order valence-corrected chi connectivity index (χ2v) is 16.2. The largest absolute Gasteiger partial charge is 0.453 e. The molecule has 0 aliphatic carbocycles. The van der Waals surface area contributed by atoms with Crippen LogP contribution >= 0.6 is 0 Å². The van der Waals surface area contributed by atoms with Crippen molar-refractivity contribution in [2.24, 2.45) is 16.2 Å². The van der Waals surface area contributed by atoms with E-state index >= 15 is 0 Å². The summed E-state index contributed by atoms with van der Waals surface area (Å²) in [4.78, 5) is 12.5. The molecule has 0 N–H and O–H groups in total. The maximum atomic E-state index is 10.9. The molecular formula is C22H51N3O6S2. The van der Waals surface area contributed by atoms with Crippen molar-refractivity contribution in [1.82, 2.24) is 13.5 Å². The summed E-state index contributed by atoms with van der Waals surface area (Å²) in [5, 5.41) is 0. The van der Waals surface area contributed by atoms with Crippen LogP contribution in [0.5, 0.6) is 0 Å². The lowest BCUT2D eigenvalue weighted by molar-refractivity contribution is 0.119. The summed E-state index contributed by atoms with van der Waals surface area (Å²) in [6.45, 7) is 20.1. The molecule has 33 heavy (non-hydrogen) atoms. The van der Waals surface area contributed by atoms with Crippen molar-refractivity contribution in [3.63, 3.8) is 0 Å². The summed E-state index contributed by atoms with van der Waals surface area (Å²) in [7, 11) is 0.314.